The molecule has 0 saturated carbocycles. The highest BCUT2D eigenvalue weighted by Gasteiger charge is 2.25. The van der Waals surface area contributed by atoms with Crippen molar-refractivity contribution >= 4 is 11.7 Å². The molecule has 0 radical (unpaired) electrons. The van der Waals surface area contributed by atoms with Gasteiger partial charge in [-0.25, -0.2) is 9.18 Å². The molecule has 1 aromatic heterocycles. The Labute approximate surface area is 169 Å². The van der Waals surface area contributed by atoms with Crippen LogP contribution in [-0.2, 0) is 13.0 Å². The Morgan fingerprint density at radius 1 is 1.17 bits per heavy atom. The van der Waals surface area contributed by atoms with Gasteiger partial charge in [0.2, 0.25) is 0 Å². The van der Waals surface area contributed by atoms with E-state index in [0.717, 1.165) is 31.6 Å². The summed E-state index contributed by atoms with van der Waals surface area (Å²) >= 11 is 0. The number of benzene rings is 2. The van der Waals surface area contributed by atoms with E-state index in [-0.39, 0.29) is 11.8 Å². The van der Waals surface area contributed by atoms with E-state index in [2.05, 4.69) is 32.2 Å². The third-order valence-corrected chi connectivity index (χ3v) is 5.24. The van der Waals surface area contributed by atoms with Crippen LogP contribution in [0.5, 0.6) is 0 Å². The topological polar surface area (TPSA) is 63.1 Å². The van der Waals surface area contributed by atoms with E-state index in [9.17, 15) is 9.18 Å². The smallest absolute Gasteiger partial charge is 0.321 e. The van der Waals surface area contributed by atoms with Crippen molar-refractivity contribution in [1.29, 1.82) is 0 Å². The first kappa shape index (κ1) is 19.1. The van der Waals surface area contributed by atoms with Gasteiger partial charge in [-0.2, -0.15) is 0 Å². The summed E-state index contributed by atoms with van der Waals surface area (Å²) in [5.41, 5.74) is 1.67. The Bertz CT molecular complexity index is 959. The van der Waals surface area contributed by atoms with Gasteiger partial charge in [0, 0.05) is 25.2 Å². The number of likely N-dealkylation sites (tertiary alicyclic amines) is 1. The fraction of sp³-hybridized carbons (Fsp3) is 0.318. The maximum absolute atomic E-state index is 13.3. The quantitative estimate of drug-likeness (QED) is 0.714. The Balaban J connectivity index is 1.37. The number of aromatic nitrogens is 3. The monoisotopic (exact) mass is 393 g/mol. The Kier molecular flexibility index (Phi) is 5.84. The van der Waals surface area contributed by atoms with Gasteiger partial charge in [-0.1, -0.05) is 36.4 Å². The summed E-state index contributed by atoms with van der Waals surface area (Å²) in [6, 6.07) is 16.0. The van der Waals surface area contributed by atoms with Crippen molar-refractivity contribution in [1.82, 2.24) is 19.7 Å². The number of nitrogens with zero attached hydrogens (tertiary/aromatic N) is 4. The summed E-state index contributed by atoms with van der Waals surface area (Å²) < 4.78 is 15.4. The SMILES string of the molecule is O=C(Nc1cccc(F)c1)N1CCCC(Cc2nncn2Cc2ccccc2)C1. The first-order valence-corrected chi connectivity index (χ1v) is 9.89. The average Bonchev–Trinajstić information content (AvgIpc) is 3.15. The summed E-state index contributed by atoms with van der Waals surface area (Å²) in [4.78, 5) is 14.4. The minimum absolute atomic E-state index is 0.189. The zero-order chi connectivity index (χ0) is 20.1. The molecule has 1 saturated heterocycles. The lowest BCUT2D eigenvalue weighted by Crippen LogP contribution is -2.43. The van der Waals surface area contributed by atoms with Gasteiger partial charge in [0.25, 0.3) is 0 Å². The summed E-state index contributed by atoms with van der Waals surface area (Å²) in [5.74, 6) is 0.893. The molecule has 0 aliphatic carbocycles. The number of piperidine rings is 1. The highest BCUT2D eigenvalue weighted by Crippen LogP contribution is 2.21. The second-order valence-electron chi connectivity index (χ2n) is 7.46. The van der Waals surface area contributed by atoms with Gasteiger partial charge in [0.05, 0.1) is 6.54 Å². The van der Waals surface area contributed by atoms with Gasteiger partial charge in [0.1, 0.15) is 18.0 Å². The molecule has 2 aromatic carbocycles. The Morgan fingerprint density at radius 3 is 2.86 bits per heavy atom. The normalized spacial score (nSPS) is 16.6. The van der Waals surface area contributed by atoms with Crippen LogP contribution in [0.1, 0.15) is 24.2 Å². The molecule has 0 bridgehead atoms. The summed E-state index contributed by atoms with van der Waals surface area (Å²) in [6.07, 6.45) is 4.52. The van der Waals surface area contributed by atoms with E-state index < -0.39 is 0 Å². The summed E-state index contributed by atoms with van der Waals surface area (Å²) in [6.45, 7) is 2.09. The first-order valence-electron chi connectivity index (χ1n) is 9.89. The maximum Gasteiger partial charge on any atom is 0.321 e. The molecule has 1 aliphatic heterocycles. The van der Waals surface area contributed by atoms with Crippen LogP contribution in [0.3, 0.4) is 0 Å². The average molecular weight is 393 g/mol. The molecule has 1 unspecified atom stereocenters. The largest absolute Gasteiger partial charge is 0.324 e. The number of hydrogen-bond acceptors (Lipinski definition) is 3. The van der Waals surface area contributed by atoms with Crippen LogP contribution in [-0.4, -0.2) is 38.8 Å². The second kappa shape index (κ2) is 8.86. The van der Waals surface area contributed by atoms with Gasteiger partial charge in [-0.15, -0.1) is 10.2 Å². The fourth-order valence-corrected chi connectivity index (χ4v) is 3.79. The van der Waals surface area contributed by atoms with Gasteiger partial charge in [0.15, 0.2) is 0 Å². The number of amides is 2. The van der Waals surface area contributed by atoms with E-state index >= 15 is 0 Å². The highest BCUT2D eigenvalue weighted by atomic mass is 19.1. The van der Waals surface area contributed by atoms with Crippen LogP contribution in [0.4, 0.5) is 14.9 Å². The molecule has 7 heteroatoms. The molecule has 1 aliphatic rings. The molecular weight excluding hydrogens is 369 g/mol. The van der Waals surface area contributed by atoms with Crippen LogP contribution in [0.15, 0.2) is 60.9 Å². The third kappa shape index (κ3) is 4.99. The molecule has 6 nitrogen and oxygen atoms in total. The van der Waals surface area contributed by atoms with E-state index in [0.29, 0.717) is 24.7 Å². The Morgan fingerprint density at radius 2 is 2.03 bits per heavy atom. The van der Waals surface area contributed by atoms with Crippen molar-refractivity contribution in [3.63, 3.8) is 0 Å². The molecule has 0 spiro atoms. The summed E-state index contributed by atoms with van der Waals surface area (Å²) in [5, 5.41) is 11.2. The molecule has 1 atom stereocenters. The number of carbonyl (C=O) groups is 1. The van der Waals surface area contributed by atoms with Crippen molar-refractivity contribution < 1.29 is 9.18 Å². The molecule has 29 heavy (non-hydrogen) atoms. The minimum Gasteiger partial charge on any atom is -0.324 e. The fourth-order valence-electron chi connectivity index (χ4n) is 3.79. The Hall–Kier alpha value is -3.22. The predicted molar refractivity (Wildman–Crippen MR) is 109 cm³/mol. The van der Waals surface area contributed by atoms with Crippen LogP contribution in [0.25, 0.3) is 0 Å². The van der Waals surface area contributed by atoms with E-state index in [4.69, 9.17) is 0 Å². The van der Waals surface area contributed by atoms with Crippen LogP contribution >= 0.6 is 0 Å². The molecule has 1 N–H and O–H groups in total. The number of anilines is 1. The van der Waals surface area contributed by atoms with Crippen molar-refractivity contribution in [2.75, 3.05) is 18.4 Å². The maximum atomic E-state index is 13.3. The minimum atomic E-state index is -0.364. The van der Waals surface area contributed by atoms with Gasteiger partial charge < -0.3 is 14.8 Å². The molecule has 2 amide bonds. The van der Waals surface area contributed by atoms with Crippen LogP contribution in [0.2, 0.25) is 0 Å². The number of urea groups is 1. The number of nitrogens with one attached hydrogen (secondary N) is 1. The van der Waals surface area contributed by atoms with E-state index in [1.54, 1.807) is 23.4 Å². The number of hydrogen-bond donors (Lipinski definition) is 1. The van der Waals surface area contributed by atoms with Crippen LogP contribution in [0, 0.1) is 11.7 Å². The van der Waals surface area contributed by atoms with Crippen molar-refractivity contribution in [3.8, 4) is 0 Å². The van der Waals surface area contributed by atoms with Crippen molar-refractivity contribution in [2.24, 2.45) is 5.92 Å². The number of carbonyl (C=O) groups excluding carboxylic acids is 1. The van der Waals surface area contributed by atoms with Crippen LogP contribution < -0.4 is 5.32 Å². The van der Waals surface area contributed by atoms with Crippen molar-refractivity contribution in [2.45, 2.75) is 25.8 Å². The zero-order valence-electron chi connectivity index (χ0n) is 16.2. The molecular formula is C22H24FN5O. The molecule has 150 valence electrons. The van der Waals surface area contributed by atoms with Crippen molar-refractivity contribution in [3.05, 3.63) is 78.1 Å². The predicted octanol–water partition coefficient (Wildman–Crippen LogP) is 3.95. The lowest BCUT2D eigenvalue weighted by atomic mass is 9.94. The molecule has 3 aromatic rings. The molecule has 2 heterocycles. The molecule has 1 fully saturated rings. The van der Waals surface area contributed by atoms with E-state index in [1.165, 1.54) is 17.7 Å². The summed E-state index contributed by atoms with van der Waals surface area (Å²) in [7, 11) is 0. The standard InChI is InChI=1S/C22H24FN5O/c23-19-9-4-10-20(13-19)25-22(29)27-11-5-8-18(15-27)12-21-26-24-16-28(21)14-17-6-2-1-3-7-17/h1-4,6-7,9-10,13,16,18H,5,8,11-12,14-15H2,(H,25,29). The number of halogens is 1. The lowest BCUT2D eigenvalue weighted by Gasteiger charge is -2.32. The van der Waals surface area contributed by atoms with Gasteiger partial charge >= 0.3 is 6.03 Å². The lowest BCUT2D eigenvalue weighted by molar-refractivity contribution is 0.176. The molecule has 4 rings (SSSR count). The number of rotatable bonds is 5. The first-order chi connectivity index (χ1) is 14.2. The van der Waals surface area contributed by atoms with Gasteiger partial charge in [-0.05, 0) is 42.5 Å². The highest BCUT2D eigenvalue weighted by molar-refractivity contribution is 5.89. The zero-order valence-corrected chi connectivity index (χ0v) is 16.2. The second-order valence-corrected chi connectivity index (χ2v) is 7.46. The van der Waals surface area contributed by atoms with Gasteiger partial charge in [-0.3, -0.25) is 0 Å². The third-order valence-electron chi connectivity index (χ3n) is 5.24. The van der Waals surface area contributed by atoms with E-state index in [1.807, 2.05) is 18.2 Å².